The second-order valence-electron chi connectivity index (χ2n) is 3.60. The topological polar surface area (TPSA) is 45.9 Å². The Morgan fingerprint density at radius 1 is 1.28 bits per heavy atom. The summed E-state index contributed by atoms with van der Waals surface area (Å²) in [4.78, 5) is 4.00. The van der Waals surface area contributed by atoms with Crippen molar-refractivity contribution in [3.05, 3.63) is 51.6 Å². The Balaban J connectivity index is 2.35. The van der Waals surface area contributed by atoms with Gasteiger partial charge in [-0.25, -0.2) is 4.98 Å². The molecule has 3 nitrogen and oxygen atoms in total. The molecule has 2 rings (SSSR count). The number of benzene rings is 1. The van der Waals surface area contributed by atoms with Crippen LogP contribution >= 0.6 is 23.2 Å². The van der Waals surface area contributed by atoms with Crippen molar-refractivity contribution in [1.29, 1.82) is 5.26 Å². The average Bonchev–Trinajstić information content (AvgIpc) is 2.36. The molecule has 0 spiro atoms. The maximum Gasteiger partial charge on any atom is 0.239 e. The van der Waals surface area contributed by atoms with E-state index in [2.05, 4.69) is 4.98 Å². The van der Waals surface area contributed by atoms with E-state index in [1.807, 2.05) is 13.0 Å². The van der Waals surface area contributed by atoms with Gasteiger partial charge in [0.25, 0.3) is 0 Å². The summed E-state index contributed by atoms with van der Waals surface area (Å²) in [5.74, 6) is 0.777. The molecule has 0 saturated heterocycles. The minimum Gasteiger partial charge on any atom is -0.437 e. The van der Waals surface area contributed by atoms with E-state index in [1.54, 1.807) is 18.2 Å². The maximum absolute atomic E-state index is 8.85. The third-order valence-electron chi connectivity index (χ3n) is 2.32. The van der Waals surface area contributed by atoms with Gasteiger partial charge in [0.2, 0.25) is 5.88 Å². The first-order chi connectivity index (χ1) is 8.61. The number of rotatable bonds is 2. The van der Waals surface area contributed by atoms with Gasteiger partial charge >= 0.3 is 0 Å². The molecule has 0 aliphatic rings. The lowest BCUT2D eigenvalue weighted by atomic mass is 10.2. The molecule has 0 N–H and O–H groups in total. The van der Waals surface area contributed by atoms with Crippen molar-refractivity contribution in [3.63, 3.8) is 0 Å². The molecule has 2 aromatic rings. The molecule has 0 unspecified atom stereocenters. The van der Waals surface area contributed by atoms with Gasteiger partial charge in [-0.05, 0) is 36.8 Å². The second kappa shape index (κ2) is 5.26. The molecule has 90 valence electrons. The number of hydrogen-bond donors (Lipinski definition) is 0. The lowest BCUT2D eigenvalue weighted by molar-refractivity contribution is 0.462. The summed E-state index contributed by atoms with van der Waals surface area (Å²) in [6.07, 6.45) is 1.47. The maximum atomic E-state index is 8.85. The summed E-state index contributed by atoms with van der Waals surface area (Å²) >= 11 is 11.9. The van der Waals surface area contributed by atoms with E-state index < -0.39 is 0 Å². The Hall–Kier alpha value is -1.76. The zero-order chi connectivity index (χ0) is 13.1. The minimum atomic E-state index is 0.201. The fourth-order valence-corrected chi connectivity index (χ4v) is 1.68. The number of hydrogen-bond acceptors (Lipinski definition) is 3. The summed E-state index contributed by atoms with van der Waals surface area (Å²) in [7, 11) is 0. The second-order valence-corrected chi connectivity index (χ2v) is 4.39. The molecule has 0 amide bonds. The van der Waals surface area contributed by atoms with Crippen LogP contribution in [0.1, 0.15) is 11.1 Å². The van der Waals surface area contributed by atoms with E-state index in [9.17, 15) is 0 Å². The number of halogens is 2. The van der Waals surface area contributed by atoms with E-state index in [-0.39, 0.29) is 10.9 Å². The van der Waals surface area contributed by atoms with Crippen LogP contribution in [-0.2, 0) is 0 Å². The Kier molecular flexibility index (Phi) is 3.71. The minimum absolute atomic E-state index is 0.201. The first-order valence-electron chi connectivity index (χ1n) is 5.10. The van der Waals surface area contributed by atoms with E-state index in [1.165, 1.54) is 12.3 Å². The molecule has 1 heterocycles. The van der Waals surface area contributed by atoms with Crippen molar-refractivity contribution in [3.8, 4) is 17.7 Å². The van der Waals surface area contributed by atoms with Gasteiger partial charge in [-0.2, -0.15) is 5.26 Å². The first-order valence-corrected chi connectivity index (χ1v) is 5.86. The summed E-state index contributed by atoms with van der Waals surface area (Å²) in [5.41, 5.74) is 1.22. The van der Waals surface area contributed by atoms with Gasteiger partial charge in [0.15, 0.2) is 0 Å². The molecule has 0 atom stereocenters. The van der Waals surface area contributed by atoms with Crippen molar-refractivity contribution >= 4 is 23.2 Å². The molecule has 18 heavy (non-hydrogen) atoms. The highest BCUT2D eigenvalue weighted by Gasteiger charge is 2.09. The molecule has 0 bridgehead atoms. The van der Waals surface area contributed by atoms with Gasteiger partial charge in [0.05, 0.1) is 5.56 Å². The van der Waals surface area contributed by atoms with Crippen molar-refractivity contribution in [2.24, 2.45) is 0 Å². The van der Waals surface area contributed by atoms with Crippen LogP contribution in [0.2, 0.25) is 10.0 Å². The third kappa shape index (κ3) is 2.56. The van der Waals surface area contributed by atoms with Gasteiger partial charge < -0.3 is 4.74 Å². The SMILES string of the molecule is Cc1cc(Oc2nccc(C#N)c2Cl)ccc1Cl. The van der Waals surface area contributed by atoms with Crippen LogP contribution in [0.15, 0.2) is 30.5 Å². The number of ether oxygens (including phenoxy) is 1. The Labute approximate surface area is 115 Å². The molecule has 1 aromatic heterocycles. The van der Waals surface area contributed by atoms with Gasteiger partial charge in [0.1, 0.15) is 16.8 Å². The van der Waals surface area contributed by atoms with Gasteiger partial charge in [-0.15, -0.1) is 0 Å². The molecule has 0 aliphatic carbocycles. The lowest BCUT2D eigenvalue weighted by Crippen LogP contribution is -1.91. The normalized spacial score (nSPS) is 9.89. The van der Waals surface area contributed by atoms with Crippen LogP contribution in [0.5, 0.6) is 11.6 Å². The molecule has 5 heteroatoms. The molecular weight excluding hydrogens is 271 g/mol. The standard InChI is InChI=1S/C13H8Cl2N2O/c1-8-6-10(2-3-11(8)14)18-13-12(15)9(7-16)4-5-17-13/h2-6H,1H3. The molecule has 0 radical (unpaired) electrons. The number of nitrogens with zero attached hydrogens (tertiary/aromatic N) is 2. The highest BCUT2D eigenvalue weighted by Crippen LogP contribution is 2.30. The van der Waals surface area contributed by atoms with Crippen LogP contribution in [0, 0.1) is 18.3 Å². The largest absolute Gasteiger partial charge is 0.437 e. The van der Waals surface area contributed by atoms with Crippen LogP contribution in [0.25, 0.3) is 0 Å². The highest BCUT2D eigenvalue weighted by atomic mass is 35.5. The summed E-state index contributed by atoms with van der Waals surface area (Å²) in [5, 5.41) is 9.72. The van der Waals surface area contributed by atoms with Crippen molar-refractivity contribution in [2.75, 3.05) is 0 Å². The van der Waals surface area contributed by atoms with E-state index in [0.29, 0.717) is 16.3 Å². The highest BCUT2D eigenvalue weighted by molar-refractivity contribution is 6.33. The van der Waals surface area contributed by atoms with Crippen LogP contribution in [-0.4, -0.2) is 4.98 Å². The number of nitriles is 1. The predicted octanol–water partition coefficient (Wildman–Crippen LogP) is 4.36. The van der Waals surface area contributed by atoms with E-state index in [0.717, 1.165) is 5.56 Å². The number of pyridine rings is 1. The van der Waals surface area contributed by atoms with Crippen molar-refractivity contribution in [1.82, 2.24) is 4.98 Å². The van der Waals surface area contributed by atoms with Crippen molar-refractivity contribution in [2.45, 2.75) is 6.92 Å². The number of aryl methyl sites for hydroxylation is 1. The number of aromatic nitrogens is 1. The fourth-order valence-electron chi connectivity index (χ4n) is 1.37. The van der Waals surface area contributed by atoms with Gasteiger partial charge in [-0.3, -0.25) is 0 Å². The Morgan fingerprint density at radius 3 is 2.72 bits per heavy atom. The molecular formula is C13H8Cl2N2O. The molecule has 0 aliphatic heterocycles. The molecule has 1 aromatic carbocycles. The van der Waals surface area contributed by atoms with Gasteiger partial charge in [-0.1, -0.05) is 23.2 Å². The summed E-state index contributed by atoms with van der Waals surface area (Å²) < 4.78 is 5.53. The van der Waals surface area contributed by atoms with Crippen LogP contribution < -0.4 is 4.74 Å². The zero-order valence-electron chi connectivity index (χ0n) is 9.45. The average molecular weight is 279 g/mol. The summed E-state index contributed by atoms with van der Waals surface area (Å²) in [6, 6.07) is 8.72. The van der Waals surface area contributed by atoms with E-state index in [4.69, 9.17) is 33.2 Å². The molecule has 0 fully saturated rings. The Morgan fingerprint density at radius 2 is 2.06 bits per heavy atom. The predicted molar refractivity (Wildman–Crippen MR) is 70.2 cm³/mol. The van der Waals surface area contributed by atoms with E-state index >= 15 is 0 Å². The van der Waals surface area contributed by atoms with Gasteiger partial charge in [0, 0.05) is 11.2 Å². The fraction of sp³-hybridized carbons (Fsp3) is 0.0769. The lowest BCUT2D eigenvalue weighted by Gasteiger charge is -2.08. The van der Waals surface area contributed by atoms with Crippen LogP contribution in [0.4, 0.5) is 0 Å². The third-order valence-corrected chi connectivity index (χ3v) is 3.11. The Bertz CT molecular complexity index is 635. The molecule has 0 saturated carbocycles. The smallest absolute Gasteiger partial charge is 0.239 e. The monoisotopic (exact) mass is 278 g/mol. The van der Waals surface area contributed by atoms with Crippen molar-refractivity contribution < 1.29 is 4.74 Å². The quantitative estimate of drug-likeness (QED) is 0.820. The zero-order valence-corrected chi connectivity index (χ0v) is 11.0. The first kappa shape index (κ1) is 12.7. The van der Waals surface area contributed by atoms with Crippen LogP contribution in [0.3, 0.4) is 0 Å². The summed E-state index contributed by atoms with van der Waals surface area (Å²) in [6.45, 7) is 1.87.